The van der Waals surface area contributed by atoms with Crippen LogP contribution in [0.15, 0.2) is 0 Å². The summed E-state index contributed by atoms with van der Waals surface area (Å²) < 4.78 is 5.18. The molecule has 1 unspecified atom stereocenters. The second kappa shape index (κ2) is 5.47. The van der Waals surface area contributed by atoms with Crippen LogP contribution < -0.4 is 11.1 Å². The molecule has 0 aliphatic carbocycles. The van der Waals surface area contributed by atoms with Crippen molar-refractivity contribution in [1.82, 2.24) is 5.32 Å². The van der Waals surface area contributed by atoms with Crippen LogP contribution in [0.2, 0.25) is 0 Å². The molecule has 0 aromatic rings. The molecule has 1 heterocycles. The SMILES string of the molecule is CC(C)(CCN)CNC(=O)C1CCOC1. The molecule has 1 aliphatic rings. The number of nitrogens with two attached hydrogens (primary N) is 1. The standard InChI is InChI=1S/C11H22N2O2/c1-11(2,4-5-12)8-13-10(14)9-3-6-15-7-9/h9H,3-8,12H2,1-2H3,(H,13,14). The number of carbonyl (C=O) groups is 1. The lowest BCUT2D eigenvalue weighted by Crippen LogP contribution is -2.38. The van der Waals surface area contributed by atoms with Crippen LogP contribution in [0.5, 0.6) is 0 Å². The van der Waals surface area contributed by atoms with Gasteiger partial charge in [-0.05, 0) is 24.8 Å². The van der Waals surface area contributed by atoms with E-state index in [9.17, 15) is 4.79 Å². The van der Waals surface area contributed by atoms with Crippen molar-refractivity contribution in [2.24, 2.45) is 17.1 Å². The Bertz CT molecular complexity index is 211. The highest BCUT2D eigenvalue weighted by Gasteiger charge is 2.25. The van der Waals surface area contributed by atoms with Gasteiger partial charge in [0.15, 0.2) is 0 Å². The molecule has 0 aromatic carbocycles. The molecule has 4 heteroatoms. The lowest BCUT2D eigenvalue weighted by atomic mass is 9.89. The largest absolute Gasteiger partial charge is 0.381 e. The van der Waals surface area contributed by atoms with Crippen molar-refractivity contribution in [2.75, 3.05) is 26.3 Å². The van der Waals surface area contributed by atoms with Crippen molar-refractivity contribution < 1.29 is 9.53 Å². The molecule has 15 heavy (non-hydrogen) atoms. The quantitative estimate of drug-likeness (QED) is 0.701. The Hall–Kier alpha value is -0.610. The highest BCUT2D eigenvalue weighted by molar-refractivity contribution is 5.79. The summed E-state index contributed by atoms with van der Waals surface area (Å²) in [6, 6.07) is 0. The topological polar surface area (TPSA) is 64.3 Å². The van der Waals surface area contributed by atoms with Crippen molar-refractivity contribution in [3.05, 3.63) is 0 Å². The monoisotopic (exact) mass is 214 g/mol. The van der Waals surface area contributed by atoms with Crippen LogP contribution in [0.4, 0.5) is 0 Å². The van der Waals surface area contributed by atoms with Crippen molar-refractivity contribution >= 4 is 5.91 Å². The minimum atomic E-state index is 0.0543. The first-order chi connectivity index (χ1) is 7.05. The van der Waals surface area contributed by atoms with E-state index in [4.69, 9.17) is 10.5 Å². The van der Waals surface area contributed by atoms with E-state index in [2.05, 4.69) is 19.2 Å². The van der Waals surface area contributed by atoms with Gasteiger partial charge in [0.2, 0.25) is 5.91 Å². The normalized spacial score (nSPS) is 21.7. The number of rotatable bonds is 5. The van der Waals surface area contributed by atoms with Gasteiger partial charge in [-0.2, -0.15) is 0 Å². The maximum atomic E-state index is 11.7. The van der Waals surface area contributed by atoms with E-state index >= 15 is 0 Å². The maximum absolute atomic E-state index is 11.7. The molecular weight excluding hydrogens is 192 g/mol. The van der Waals surface area contributed by atoms with E-state index in [-0.39, 0.29) is 17.2 Å². The van der Waals surface area contributed by atoms with Crippen molar-refractivity contribution in [2.45, 2.75) is 26.7 Å². The first kappa shape index (κ1) is 12.5. The molecule has 1 fully saturated rings. The Kier molecular flexibility index (Phi) is 4.54. The fraction of sp³-hybridized carbons (Fsp3) is 0.909. The number of nitrogens with one attached hydrogen (secondary N) is 1. The van der Waals surface area contributed by atoms with E-state index in [0.29, 0.717) is 26.3 Å². The van der Waals surface area contributed by atoms with Crippen molar-refractivity contribution in [3.8, 4) is 0 Å². The highest BCUT2D eigenvalue weighted by atomic mass is 16.5. The van der Waals surface area contributed by atoms with Crippen molar-refractivity contribution in [3.63, 3.8) is 0 Å². The Morgan fingerprint density at radius 3 is 2.87 bits per heavy atom. The van der Waals surface area contributed by atoms with Crippen LogP contribution >= 0.6 is 0 Å². The highest BCUT2D eigenvalue weighted by Crippen LogP contribution is 2.18. The first-order valence-electron chi connectivity index (χ1n) is 5.61. The predicted molar refractivity (Wildman–Crippen MR) is 59.4 cm³/mol. The van der Waals surface area contributed by atoms with Gasteiger partial charge in [-0.15, -0.1) is 0 Å². The summed E-state index contributed by atoms with van der Waals surface area (Å²) >= 11 is 0. The molecule has 1 amide bonds. The van der Waals surface area contributed by atoms with Gasteiger partial charge < -0.3 is 15.8 Å². The van der Waals surface area contributed by atoms with Crippen LogP contribution in [0.1, 0.15) is 26.7 Å². The van der Waals surface area contributed by atoms with Gasteiger partial charge in [-0.1, -0.05) is 13.8 Å². The summed E-state index contributed by atoms with van der Waals surface area (Å²) in [7, 11) is 0. The Morgan fingerprint density at radius 2 is 2.33 bits per heavy atom. The third kappa shape index (κ3) is 4.18. The molecule has 1 rings (SSSR count). The number of hydrogen-bond acceptors (Lipinski definition) is 3. The third-order valence-electron chi connectivity index (χ3n) is 2.86. The second-order valence-corrected chi connectivity index (χ2v) is 4.98. The van der Waals surface area contributed by atoms with Gasteiger partial charge in [0, 0.05) is 13.2 Å². The maximum Gasteiger partial charge on any atom is 0.225 e. The van der Waals surface area contributed by atoms with Gasteiger partial charge in [0.05, 0.1) is 12.5 Å². The Balaban J connectivity index is 2.26. The lowest BCUT2D eigenvalue weighted by Gasteiger charge is -2.24. The van der Waals surface area contributed by atoms with Gasteiger partial charge in [0.25, 0.3) is 0 Å². The molecule has 0 bridgehead atoms. The summed E-state index contributed by atoms with van der Waals surface area (Å²) in [5.41, 5.74) is 5.60. The third-order valence-corrected chi connectivity index (χ3v) is 2.86. The van der Waals surface area contributed by atoms with Crippen LogP contribution in [0, 0.1) is 11.3 Å². The summed E-state index contributed by atoms with van der Waals surface area (Å²) in [6.07, 6.45) is 1.78. The van der Waals surface area contributed by atoms with Crippen LogP contribution in [-0.4, -0.2) is 32.2 Å². The molecule has 3 N–H and O–H groups in total. The van der Waals surface area contributed by atoms with Gasteiger partial charge in [0.1, 0.15) is 0 Å². The summed E-state index contributed by atoms with van der Waals surface area (Å²) in [5, 5.41) is 2.98. The summed E-state index contributed by atoms with van der Waals surface area (Å²) in [4.78, 5) is 11.7. The molecule has 0 radical (unpaired) electrons. The number of hydrogen-bond donors (Lipinski definition) is 2. The zero-order valence-electron chi connectivity index (χ0n) is 9.71. The van der Waals surface area contributed by atoms with E-state index in [1.807, 2.05) is 0 Å². The zero-order chi connectivity index (χ0) is 11.3. The predicted octanol–water partition coefficient (Wildman–Crippen LogP) is 0.514. The summed E-state index contributed by atoms with van der Waals surface area (Å²) in [5.74, 6) is 0.177. The molecular formula is C11H22N2O2. The van der Waals surface area contributed by atoms with Crippen LogP contribution in [0.3, 0.4) is 0 Å². The molecule has 88 valence electrons. The molecule has 0 saturated carbocycles. The van der Waals surface area contributed by atoms with Crippen LogP contribution in [-0.2, 0) is 9.53 Å². The average molecular weight is 214 g/mol. The summed E-state index contributed by atoms with van der Waals surface area (Å²) in [6.45, 7) is 6.87. The lowest BCUT2D eigenvalue weighted by molar-refractivity contribution is -0.125. The number of carbonyl (C=O) groups excluding carboxylic acids is 1. The molecule has 1 aliphatic heterocycles. The number of amides is 1. The molecule has 1 saturated heterocycles. The van der Waals surface area contributed by atoms with Crippen LogP contribution in [0.25, 0.3) is 0 Å². The number of ether oxygens (including phenoxy) is 1. The first-order valence-corrected chi connectivity index (χ1v) is 5.61. The van der Waals surface area contributed by atoms with E-state index in [0.717, 1.165) is 12.8 Å². The fourth-order valence-electron chi connectivity index (χ4n) is 1.69. The minimum Gasteiger partial charge on any atom is -0.381 e. The smallest absolute Gasteiger partial charge is 0.225 e. The van der Waals surface area contributed by atoms with Gasteiger partial charge in [-0.3, -0.25) is 4.79 Å². The molecule has 0 spiro atoms. The fourth-order valence-corrected chi connectivity index (χ4v) is 1.69. The van der Waals surface area contributed by atoms with E-state index < -0.39 is 0 Å². The zero-order valence-corrected chi connectivity index (χ0v) is 9.71. The molecule has 4 nitrogen and oxygen atoms in total. The van der Waals surface area contributed by atoms with E-state index in [1.54, 1.807) is 0 Å². The Morgan fingerprint density at radius 1 is 1.60 bits per heavy atom. The van der Waals surface area contributed by atoms with Gasteiger partial charge >= 0.3 is 0 Å². The van der Waals surface area contributed by atoms with E-state index in [1.165, 1.54) is 0 Å². The molecule has 0 aromatic heterocycles. The van der Waals surface area contributed by atoms with Crippen molar-refractivity contribution in [1.29, 1.82) is 0 Å². The average Bonchev–Trinajstić information content (AvgIpc) is 2.67. The minimum absolute atomic E-state index is 0.0543. The second-order valence-electron chi connectivity index (χ2n) is 4.98. The molecule has 1 atom stereocenters. The van der Waals surface area contributed by atoms with Gasteiger partial charge in [-0.25, -0.2) is 0 Å². The Labute approximate surface area is 91.5 Å².